The summed E-state index contributed by atoms with van der Waals surface area (Å²) in [6.07, 6.45) is 20.7. The number of urea groups is 1. The fraction of sp³-hybridized carbons (Fsp3) is 0.662. The van der Waals surface area contributed by atoms with E-state index < -0.39 is 6.04 Å². The third kappa shape index (κ3) is 16.3. The standard InChI is InChI=1S/C28H42FN3O2.C22H35N3O.C21H30N2O.3H2/c1-20(33)32-15-6-5-7-25(32)26(34)30-24-10-11-28(23-19-21(29)8-9-22(23)24)13-17-31(18-14-28)16-12-27(2,3)4;1-17(2)10-14-25-15-12-22(13-16-25)11-9-20(23-21(26)24(3)4)18-7-5-6-8-19(18)22;1-16(2)9-13-23-14-11-21(12-15-23)10-8-20(22-17(3)24)18-6-4-5-7-19(18)21;;;/h8-9,19,24-25H,5-7,10-18H2,1-4H3,(H,30,34);5-8,17,20H,9-16H2,1-4H3,(H,23,26);4-7,9,20H,8,10-15H2,1-3H3,(H,22,24);3*1H/t24-,25-;2*20-;;;/m100.../s1. The van der Waals surface area contributed by atoms with Gasteiger partial charge in [-0.3, -0.25) is 19.3 Å². The van der Waals surface area contributed by atoms with Crippen LogP contribution in [0.2, 0.25) is 0 Å². The summed E-state index contributed by atoms with van der Waals surface area (Å²) in [5, 5.41) is 9.61. The van der Waals surface area contributed by atoms with Crippen LogP contribution in [0.1, 0.15) is 227 Å². The Morgan fingerprint density at radius 1 is 0.619 bits per heavy atom. The predicted octanol–water partition coefficient (Wildman–Crippen LogP) is 13.8. The van der Waals surface area contributed by atoms with Crippen LogP contribution in [-0.4, -0.2) is 134 Å². The van der Waals surface area contributed by atoms with Crippen molar-refractivity contribution >= 4 is 23.8 Å². The van der Waals surface area contributed by atoms with E-state index >= 15 is 0 Å². The number of amides is 5. The molecule has 4 aliphatic heterocycles. The number of hydrogen-bond acceptors (Lipinski definition) is 7. The highest BCUT2D eigenvalue weighted by Crippen LogP contribution is 2.51. The van der Waals surface area contributed by atoms with E-state index in [0.29, 0.717) is 29.2 Å². The zero-order valence-electron chi connectivity index (χ0n) is 53.7. The van der Waals surface area contributed by atoms with Crippen molar-refractivity contribution < 1.29 is 27.8 Å². The Bertz CT molecular complexity index is 2740. The molecule has 13 heteroatoms. The third-order valence-electron chi connectivity index (χ3n) is 20.5. The number of nitrogens with zero attached hydrogens (tertiary/aromatic N) is 5. The molecule has 5 amide bonds. The summed E-state index contributed by atoms with van der Waals surface area (Å²) in [6.45, 7) is 29.9. The molecule has 3 aliphatic carbocycles. The van der Waals surface area contributed by atoms with E-state index in [2.05, 4.69) is 134 Å². The fourth-order valence-electron chi connectivity index (χ4n) is 15.2. The molecule has 0 aromatic heterocycles. The lowest BCUT2D eigenvalue weighted by atomic mass is 9.63. The molecule has 0 radical (unpaired) electrons. The van der Waals surface area contributed by atoms with Gasteiger partial charge in [0, 0.05) is 45.3 Å². The van der Waals surface area contributed by atoms with Crippen molar-refractivity contribution in [3.8, 4) is 0 Å². The summed E-state index contributed by atoms with van der Waals surface area (Å²) in [5.74, 6) is 0.547. The van der Waals surface area contributed by atoms with Gasteiger partial charge in [-0.1, -0.05) is 101 Å². The van der Waals surface area contributed by atoms with Crippen LogP contribution in [0, 0.1) is 17.2 Å². The first-order chi connectivity index (χ1) is 40.0. The van der Waals surface area contributed by atoms with Gasteiger partial charge in [0.2, 0.25) is 17.7 Å². The summed E-state index contributed by atoms with van der Waals surface area (Å²) in [5.41, 5.74) is 10.1. The zero-order chi connectivity index (χ0) is 60.4. The highest BCUT2D eigenvalue weighted by Gasteiger charge is 2.46. The number of rotatable bonds is 11. The predicted molar refractivity (Wildman–Crippen MR) is 346 cm³/mol. The molecule has 3 aromatic rings. The zero-order valence-corrected chi connectivity index (χ0v) is 53.7. The topological polar surface area (TPSA) is 121 Å². The maximum Gasteiger partial charge on any atom is 0.317 e. The van der Waals surface area contributed by atoms with E-state index in [1.54, 1.807) is 43.8 Å². The molecule has 3 spiro atoms. The van der Waals surface area contributed by atoms with Crippen LogP contribution >= 0.6 is 0 Å². The van der Waals surface area contributed by atoms with Gasteiger partial charge < -0.3 is 35.6 Å². The Morgan fingerprint density at radius 3 is 1.61 bits per heavy atom. The van der Waals surface area contributed by atoms with E-state index in [9.17, 15) is 23.6 Å². The number of carbonyl (C=O) groups is 4. The smallest absolute Gasteiger partial charge is 0.317 e. The minimum Gasteiger partial charge on any atom is -0.350 e. The number of fused-ring (bicyclic) bond motifs is 6. The lowest BCUT2D eigenvalue weighted by Crippen LogP contribution is -2.53. The number of hydrogen-bond donors (Lipinski definition) is 3. The second kappa shape index (κ2) is 28.6. The second-order valence-corrected chi connectivity index (χ2v) is 28.6. The largest absolute Gasteiger partial charge is 0.350 e. The van der Waals surface area contributed by atoms with Crippen LogP contribution < -0.4 is 16.0 Å². The number of nitrogens with one attached hydrogen (secondary N) is 3. The molecule has 3 N–H and O–H groups in total. The van der Waals surface area contributed by atoms with Crippen molar-refractivity contribution in [3.63, 3.8) is 0 Å². The highest BCUT2D eigenvalue weighted by molar-refractivity contribution is 5.87. The van der Waals surface area contributed by atoms with E-state index in [-0.39, 0.29) is 57.4 Å². The van der Waals surface area contributed by atoms with Crippen LogP contribution in [0.25, 0.3) is 0 Å². The van der Waals surface area contributed by atoms with Crippen molar-refractivity contribution in [1.82, 2.24) is 40.4 Å². The molecule has 4 atom stereocenters. The van der Waals surface area contributed by atoms with Gasteiger partial charge in [-0.15, -0.1) is 0 Å². The summed E-state index contributed by atoms with van der Waals surface area (Å²) in [4.78, 5) is 60.1. The maximum absolute atomic E-state index is 14.4. The van der Waals surface area contributed by atoms with Crippen LogP contribution in [0.4, 0.5) is 9.18 Å². The first-order valence-corrected chi connectivity index (χ1v) is 32.6. The summed E-state index contributed by atoms with van der Waals surface area (Å²) in [7, 11) is 3.61. The highest BCUT2D eigenvalue weighted by atomic mass is 19.1. The Morgan fingerprint density at radius 2 is 1.11 bits per heavy atom. The summed E-state index contributed by atoms with van der Waals surface area (Å²) in [6, 6.07) is 22.6. The van der Waals surface area contributed by atoms with Gasteiger partial charge in [0.25, 0.3) is 0 Å². The lowest BCUT2D eigenvalue weighted by Gasteiger charge is -2.48. The van der Waals surface area contributed by atoms with Crippen LogP contribution in [0.15, 0.2) is 78.4 Å². The second-order valence-electron chi connectivity index (χ2n) is 28.6. The number of halogens is 1. The molecular formula is C71H113FN8O4. The molecule has 4 fully saturated rings. The van der Waals surface area contributed by atoms with Gasteiger partial charge in [-0.2, -0.15) is 0 Å². The Balaban J connectivity index is 0.000000238. The van der Waals surface area contributed by atoms with E-state index in [1.165, 1.54) is 118 Å². The monoisotopic (exact) mass is 1160 g/mol. The Hall–Kier alpha value is -5.11. The molecule has 3 aromatic carbocycles. The molecule has 84 heavy (non-hydrogen) atoms. The van der Waals surface area contributed by atoms with Crippen LogP contribution in [0.5, 0.6) is 0 Å². The number of carbonyl (C=O) groups excluding carboxylic acids is 4. The first kappa shape index (κ1) is 64.9. The summed E-state index contributed by atoms with van der Waals surface area (Å²) >= 11 is 0. The maximum atomic E-state index is 14.4. The molecular weight excluding hydrogens is 1050 g/mol. The van der Waals surface area contributed by atoms with Crippen molar-refractivity contribution in [3.05, 3.63) is 118 Å². The molecule has 468 valence electrons. The Kier molecular flexibility index (Phi) is 22.1. The molecule has 4 heterocycles. The first-order valence-electron chi connectivity index (χ1n) is 32.6. The van der Waals surface area contributed by atoms with Crippen molar-refractivity contribution in [2.75, 3.05) is 79.5 Å². The van der Waals surface area contributed by atoms with Crippen LogP contribution in [0.3, 0.4) is 0 Å². The van der Waals surface area contributed by atoms with Crippen molar-refractivity contribution in [2.45, 2.75) is 212 Å². The minimum absolute atomic E-state index is 0. The fourth-order valence-corrected chi connectivity index (χ4v) is 15.2. The third-order valence-corrected chi connectivity index (χ3v) is 20.5. The van der Waals surface area contributed by atoms with Gasteiger partial charge in [-0.05, 0) is 248 Å². The molecule has 0 bridgehead atoms. The van der Waals surface area contributed by atoms with Gasteiger partial charge >= 0.3 is 6.03 Å². The number of benzene rings is 3. The quantitative estimate of drug-likeness (QED) is 0.164. The normalized spacial score (nSPS) is 23.6. The molecule has 7 aliphatic rings. The average molecular weight is 1160 g/mol. The van der Waals surface area contributed by atoms with Gasteiger partial charge in [0.1, 0.15) is 11.9 Å². The average Bonchev–Trinajstić information content (AvgIpc) is 1.04. The number of likely N-dealkylation sites (tertiary alicyclic amines) is 4. The van der Waals surface area contributed by atoms with Gasteiger partial charge in [0.15, 0.2) is 0 Å². The van der Waals surface area contributed by atoms with Crippen LogP contribution in [-0.2, 0) is 30.6 Å². The van der Waals surface area contributed by atoms with Gasteiger partial charge in [0.05, 0.1) is 18.1 Å². The van der Waals surface area contributed by atoms with E-state index in [0.717, 1.165) is 94.6 Å². The van der Waals surface area contributed by atoms with E-state index in [4.69, 9.17) is 0 Å². The van der Waals surface area contributed by atoms with Gasteiger partial charge in [-0.25, -0.2) is 9.18 Å². The summed E-state index contributed by atoms with van der Waals surface area (Å²) < 4.78 is 14.4. The number of allylic oxidation sites excluding steroid dienone is 1. The number of piperidine rings is 4. The Labute approximate surface area is 510 Å². The molecule has 10 rings (SSSR count). The SMILES string of the molecule is CC(=O)N1CCCC[C@@H]1C(=O)N[C@@H]1CCC2(CCN(CCC(C)(C)C)CC2)c2cc(F)ccc21.CC(=O)N[C@H]1CCC2(CCN(CC=C(C)C)CC2)c2ccccc21.CC(C)CCN1CCC2(CC[C@H](NC(=O)N(C)C)c3ccccc32)CC1.[HH].[HH].[HH]. The molecule has 0 saturated carbocycles. The van der Waals surface area contributed by atoms with Crippen molar-refractivity contribution in [2.24, 2.45) is 11.3 Å². The lowest BCUT2D eigenvalue weighted by molar-refractivity contribution is -0.141. The minimum atomic E-state index is -0.392. The molecule has 0 unspecified atom stereocenters. The van der Waals surface area contributed by atoms with Crippen molar-refractivity contribution in [1.29, 1.82) is 0 Å². The molecule has 4 saturated heterocycles. The van der Waals surface area contributed by atoms with E-state index in [1.807, 2.05) is 6.07 Å². The molecule has 12 nitrogen and oxygen atoms in total.